The molecule has 0 saturated carbocycles. The third-order valence-corrected chi connectivity index (χ3v) is 7.05. The second-order valence-corrected chi connectivity index (χ2v) is 9.25. The molecule has 0 unspecified atom stereocenters. The predicted molar refractivity (Wildman–Crippen MR) is 136 cm³/mol. The van der Waals surface area contributed by atoms with Gasteiger partial charge < -0.3 is 20.5 Å². The average molecular weight is 491 g/mol. The zero-order valence-corrected chi connectivity index (χ0v) is 20.5. The van der Waals surface area contributed by atoms with Crippen LogP contribution in [0.15, 0.2) is 66.7 Å². The van der Waals surface area contributed by atoms with Crippen LogP contribution in [0.3, 0.4) is 0 Å². The van der Waals surface area contributed by atoms with Crippen LogP contribution in [0, 0.1) is 24.6 Å². The van der Waals surface area contributed by atoms with E-state index < -0.39 is 17.8 Å². The Bertz CT molecular complexity index is 1260. The Morgan fingerprint density at radius 3 is 2.22 bits per heavy atom. The van der Waals surface area contributed by atoms with Crippen molar-refractivity contribution in [3.63, 3.8) is 0 Å². The molecule has 0 bridgehead atoms. The number of benzene rings is 3. The minimum atomic E-state index is -0.646. The molecule has 0 aromatic heterocycles. The lowest BCUT2D eigenvalue weighted by molar-refractivity contribution is 0.0578. The highest BCUT2D eigenvalue weighted by Crippen LogP contribution is 2.42. The second kappa shape index (κ2) is 11.0. The Kier molecular flexibility index (Phi) is 7.82. The van der Waals surface area contributed by atoms with E-state index in [0.717, 1.165) is 0 Å². The van der Waals surface area contributed by atoms with Crippen molar-refractivity contribution in [3.8, 4) is 11.5 Å². The largest absolute Gasteiger partial charge is 0.508 e. The minimum Gasteiger partial charge on any atom is -0.508 e. The Balaban J connectivity index is 1.86. The number of halogens is 1. The van der Waals surface area contributed by atoms with Crippen LogP contribution in [0.1, 0.15) is 37.8 Å². The highest BCUT2D eigenvalue weighted by atomic mass is 19.1. The van der Waals surface area contributed by atoms with Crippen molar-refractivity contribution >= 4 is 11.6 Å². The number of hydrogen-bond donors (Lipinski definition) is 2. The van der Waals surface area contributed by atoms with Gasteiger partial charge in [0.2, 0.25) is 0 Å². The zero-order chi connectivity index (χ0) is 25.8. The van der Waals surface area contributed by atoms with Gasteiger partial charge in [-0.2, -0.15) is 0 Å². The van der Waals surface area contributed by atoms with E-state index in [1.165, 1.54) is 25.3 Å². The Hall–Kier alpha value is -3.55. The normalized spacial score (nSPS) is 20.2. The van der Waals surface area contributed by atoms with E-state index in [2.05, 4.69) is 0 Å². The van der Waals surface area contributed by atoms with E-state index in [0.29, 0.717) is 54.2 Å². The zero-order valence-electron chi connectivity index (χ0n) is 20.5. The first-order valence-corrected chi connectivity index (χ1v) is 12.0. The lowest BCUT2D eigenvalue weighted by Gasteiger charge is -2.43. The summed E-state index contributed by atoms with van der Waals surface area (Å²) in [6.45, 7) is 3.32. The van der Waals surface area contributed by atoms with Gasteiger partial charge in [0, 0.05) is 55.1 Å². The monoisotopic (exact) mass is 490 g/mol. The number of carbonyl (C=O) groups is 2. The van der Waals surface area contributed by atoms with Gasteiger partial charge in [-0.1, -0.05) is 36.4 Å². The molecule has 1 heterocycles. The summed E-state index contributed by atoms with van der Waals surface area (Å²) in [5.41, 5.74) is 7.74. The number of hydrogen-bond acceptors (Lipinski definition) is 6. The molecular formula is C29H31FN2O4. The fraction of sp³-hybridized carbons (Fsp3) is 0.310. The van der Waals surface area contributed by atoms with Gasteiger partial charge in [-0.15, -0.1) is 0 Å². The summed E-state index contributed by atoms with van der Waals surface area (Å²) in [5.74, 6) is -2.02. The number of aromatic hydroxyl groups is 1. The Morgan fingerprint density at radius 2 is 1.61 bits per heavy atom. The fourth-order valence-electron chi connectivity index (χ4n) is 5.28. The Morgan fingerprint density at radius 1 is 1.00 bits per heavy atom. The van der Waals surface area contributed by atoms with Crippen LogP contribution in [-0.2, 0) is 0 Å². The molecule has 1 aliphatic rings. The summed E-state index contributed by atoms with van der Waals surface area (Å²) in [4.78, 5) is 29.9. The van der Waals surface area contributed by atoms with Gasteiger partial charge in [0.05, 0.1) is 7.11 Å². The first-order valence-electron chi connectivity index (χ1n) is 12.0. The second-order valence-electron chi connectivity index (χ2n) is 9.25. The lowest BCUT2D eigenvalue weighted by Crippen LogP contribution is -2.51. The third-order valence-electron chi connectivity index (χ3n) is 7.05. The molecule has 0 spiro atoms. The summed E-state index contributed by atoms with van der Waals surface area (Å²) in [6.07, 6.45) is 0. The van der Waals surface area contributed by atoms with Crippen molar-refractivity contribution in [3.05, 3.63) is 94.8 Å². The van der Waals surface area contributed by atoms with Crippen molar-refractivity contribution in [2.45, 2.75) is 12.8 Å². The number of phenols is 1. The number of nitrogens with two attached hydrogens (primary N) is 1. The Labute approximate surface area is 210 Å². The summed E-state index contributed by atoms with van der Waals surface area (Å²) in [7, 11) is 1.54. The number of ether oxygens (including phenoxy) is 1. The number of Topliss-reactive ketones (excluding diaryl/α,β-unsaturated/α-hetero) is 2. The maximum Gasteiger partial charge on any atom is 0.167 e. The van der Waals surface area contributed by atoms with Crippen LogP contribution in [-0.4, -0.2) is 54.9 Å². The molecule has 3 atom stereocenters. The highest BCUT2D eigenvalue weighted by Gasteiger charge is 2.45. The van der Waals surface area contributed by atoms with Crippen molar-refractivity contribution in [2.24, 2.45) is 17.6 Å². The van der Waals surface area contributed by atoms with E-state index in [9.17, 15) is 19.1 Å². The number of piperidine rings is 1. The number of ketones is 2. The molecule has 188 valence electrons. The van der Waals surface area contributed by atoms with Crippen molar-refractivity contribution < 1.29 is 23.8 Å². The van der Waals surface area contributed by atoms with Crippen LogP contribution in [0.5, 0.6) is 11.5 Å². The SMILES string of the molecule is COc1cccc(C(=O)[C@H]2CN(CCN)C[C@H](C(=O)c3cccc(O)c3)[C@H]2c2cccc(F)c2C)c1. The van der Waals surface area contributed by atoms with Crippen molar-refractivity contribution in [2.75, 3.05) is 33.3 Å². The van der Waals surface area contributed by atoms with Gasteiger partial charge in [-0.25, -0.2) is 4.39 Å². The first kappa shape index (κ1) is 25.5. The van der Waals surface area contributed by atoms with E-state index in [-0.39, 0.29) is 23.1 Å². The summed E-state index contributed by atoms with van der Waals surface area (Å²) >= 11 is 0. The summed E-state index contributed by atoms with van der Waals surface area (Å²) in [5, 5.41) is 10.0. The molecule has 3 aromatic carbocycles. The summed E-state index contributed by atoms with van der Waals surface area (Å²) < 4.78 is 20.1. The third kappa shape index (κ3) is 5.17. The predicted octanol–water partition coefficient (Wildman–Crippen LogP) is 4.20. The van der Waals surface area contributed by atoms with E-state index in [4.69, 9.17) is 10.5 Å². The number of likely N-dealkylation sites (tertiary alicyclic amines) is 1. The smallest absolute Gasteiger partial charge is 0.167 e. The topological polar surface area (TPSA) is 92.9 Å². The van der Waals surface area contributed by atoms with Gasteiger partial charge in [-0.3, -0.25) is 9.59 Å². The highest BCUT2D eigenvalue weighted by molar-refractivity contribution is 6.02. The van der Waals surface area contributed by atoms with Crippen LogP contribution < -0.4 is 10.5 Å². The molecule has 36 heavy (non-hydrogen) atoms. The van der Waals surface area contributed by atoms with Gasteiger partial charge in [0.1, 0.15) is 17.3 Å². The van der Waals surface area contributed by atoms with E-state index >= 15 is 0 Å². The number of nitrogens with zero attached hydrogens (tertiary/aromatic N) is 1. The van der Waals surface area contributed by atoms with Gasteiger partial charge >= 0.3 is 0 Å². The molecule has 3 N–H and O–H groups in total. The average Bonchev–Trinajstić information content (AvgIpc) is 2.89. The van der Waals surface area contributed by atoms with Gasteiger partial charge in [0.15, 0.2) is 11.6 Å². The molecule has 1 saturated heterocycles. The molecular weight excluding hydrogens is 459 g/mol. The number of methoxy groups -OCH3 is 1. The molecule has 0 amide bonds. The molecule has 0 aliphatic carbocycles. The molecule has 1 fully saturated rings. The number of phenolic OH excluding ortho intramolecular Hbond substituents is 1. The molecule has 6 nitrogen and oxygen atoms in total. The van der Waals surface area contributed by atoms with Crippen molar-refractivity contribution in [1.29, 1.82) is 0 Å². The maximum atomic E-state index is 14.7. The minimum absolute atomic E-state index is 0.0158. The lowest BCUT2D eigenvalue weighted by atomic mass is 9.68. The molecule has 0 radical (unpaired) electrons. The van der Waals surface area contributed by atoms with Crippen LogP contribution in [0.25, 0.3) is 0 Å². The molecule has 4 rings (SSSR count). The van der Waals surface area contributed by atoms with Gasteiger partial charge in [-0.05, 0) is 48.4 Å². The first-order chi connectivity index (χ1) is 17.3. The van der Waals surface area contributed by atoms with Crippen LogP contribution in [0.2, 0.25) is 0 Å². The van der Waals surface area contributed by atoms with Crippen molar-refractivity contribution in [1.82, 2.24) is 4.90 Å². The van der Waals surface area contributed by atoms with Gasteiger partial charge in [0.25, 0.3) is 0 Å². The summed E-state index contributed by atoms with van der Waals surface area (Å²) in [6, 6.07) is 17.9. The number of carbonyl (C=O) groups excluding carboxylic acids is 2. The molecule has 3 aromatic rings. The van der Waals surface area contributed by atoms with E-state index in [1.807, 2.05) is 4.90 Å². The maximum absolute atomic E-state index is 14.7. The number of rotatable bonds is 8. The van der Waals surface area contributed by atoms with Crippen LogP contribution >= 0.6 is 0 Å². The molecule has 1 aliphatic heterocycles. The fourth-order valence-corrected chi connectivity index (χ4v) is 5.28. The van der Waals surface area contributed by atoms with E-state index in [1.54, 1.807) is 55.5 Å². The quantitative estimate of drug-likeness (QED) is 0.460. The standard InChI is InChI=1S/C29H31FN2O4/c1-18-23(10-5-11-26(18)30)27-24(28(34)19-6-3-8-21(33)14-19)16-32(13-12-31)17-25(27)29(35)20-7-4-9-22(15-20)36-2/h3-11,14-15,24-25,27,33H,12-13,16-17,31H2,1-2H3/t24-,25-,27+/m0/s1. The van der Waals surface area contributed by atoms with Crippen LogP contribution in [0.4, 0.5) is 4.39 Å². The molecule has 7 heteroatoms.